The lowest BCUT2D eigenvalue weighted by Crippen LogP contribution is -2.53. The van der Waals surface area contributed by atoms with Crippen LogP contribution >= 0.6 is 15.9 Å². The van der Waals surface area contributed by atoms with E-state index < -0.39 is 6.04 Å². The molecule has 4 aromatic carbocycles. The second-order valence-corrected chi connectivity index (χ2v) is 10.2. The predicted molar refractivity (Wildman–Crippen MR) is 156 cm³/mol. The number of hydrogen-bond acceptors (Lipinski definition) is 3. The van der Waals surface area contributed by atoms with E-state index in [9.17, 15) is 9.59 Å². The minimum atomic E-state index is -0.692. The molecule has 0 bridgehead atoms. The molecule has 0 saturated heterocycles. The Hall–Kier alpha value is -3.64. The van der Waals surface area contributed by atoms with Crippen LogP contribution < -0.4 is 10.1 Å². The van der Waals surface area contributed by atoms with Gasteiger partial charge in [0.15, 0.2) is 6.61 Å². The third-order valence-electron chi connectivity index (χ3n) is 6.65. The SMILES string of the molecule is CC[C@H](C)NC(=O)[C@@H](Cc1ccccc1)N(Cc1ccccc1)C(=O)COc1ccc2ccccc2c1Br. The van der Waals surface area contributed by atoms with Gasteiger partial charge < -0.3 is 15.0 Å². The molecule has 6 heteroatoms. The largest absolute Gasteiger partial charge is 0.483 e. The molecule has 4 rings (SSSR count). The maximum Gasteiger partial charge on any atom is 0.261 e. The quantitative estimate of drug-likeness (QED) is 0.222. The Bertz CT molecular complexity index is 1360. The van der Waals surface area contributed by atoms with Crippen molar-refractivity contribution >= 4 is 38.5 Å². The molecule has 0 aliphatic rings. The van der Waals surface area contributed by atoms with Crippen molar-refractivity contribution in [3.8, 4) is 5.75 Å². The summed E-state index contributed by atoms with van der Waals surface area (Å²) in [6.45, 7) is 4.11. The van der Waals surface area contributed by atoms with Crippen LogP contribution in [0.3, 0.4) is 0 Å². The van der Waals surface area contributed by atoms with Crippen molar-refractivity contribution in [2.75, 3.05) is 6.61 Å². The summed E-state index contributed by atoms with van der Waals surface area (Å²) >= 11 is 3.64. The number of ether oxygens (including phenoxy) is 1. The fourth-order valence-electron chi connectivity index (χ4n) is 4.32. The number of amides is 2. The monoisotopic (exact) mass is 572 g/mol. The molecule has 5 nitrogen and oxygen atoms in total. The standard InChI is InChI=1S/C32H33BrN2O3/c1-3-23(2)34-32(37)28(20-24-12-6-4-7-13-24)35(21-25-14-8-5-9-15-25)30(36)22-38-29-19-18-26-16-10-11-17-27(26)31(29)33/h4-19,23,28H,3,20-22H2,1-2H3,(H,34,37)/t23-,28+/m0/s1. The summed E-state index contributed by atoms with van der Waals surface area (Å²) in [6, 6.07) is 30.7. The summed E-state index contributed by atoms with van der Waals surface area (Å²) in [5.74, 6) is 0.161. The Morgan fingerprint density at radius 1 is 0.868 bits per heavy atom. The van der Waals surface area contributed by atoms with E-state index in [1.165, 1.54) is 0 Å². The van der Waals surface area contributed by atoms with Crippen LogP contribution in [0.5, 0.6) is 5.75 Å². The lowest BCUT2D eigenvalue weighted by atomic mass is 10.0. The van der Waals surface area contributed by atoms with Gasteiger partial charge in [0.05, 0.1) is 4.47 Å². The molecule has 2 atom stereocenters. The van der Waals surface area contributed by atoms with Crippen molar-refractivity contribution in [2.45, 2.75) is 45.3 Å². The minimum Gasteiger partial charge on any atom is -0.483 e. The maximum atomic E-state index is 13.8. The Kier molecular flexibility index (Phi) is 9.55. The van der Waals surface area contributed by atoms with Gasteiger partial charge in [-0.15, -0.1) is 0 Å². The summed E-state index contributed by atoms with van der Waals surface area (Å²) in [4.78, 5) is 29.0. The first-order valence-corrected chi connectivity index (χ1v) is 13.7. The molecule has 0 fully saturated rings. The topological polar surface area (TPSA) is 58.6 Å². The summed E-state index contributed by atoms with van der Waals surface area (Å²) in [5.41, 5.74) is 1.93. The fourth-order valence-corrected chi connectivity index (χ4v) is 4.93. The summed E-state index contributed by atoms with van der Waals surface area (Å²) in [5, 5.41) is 5.18. The Balaban J connectivity index is 1.62. The molecule has 38 heavy (non-hydrogen) atoms. The van der Waals surface area contributed by atoms with Crippen LogP contribution in [0.2, 0.25) is 0 Å². The van der Waals surface area contributed by atoms with E-state index in [2.05, 4.69) is 21.2 Å². The molecule has 1 N–H and O–H groups in total. The summed E-state index contributed by atoms with van der Waals surface area (Å²) < 4.78 is 6.84. The van der Waals surface area contributed by atoms with Crippen LogP contribution in [-0.4, -0.2) is 35.4 Å². The van der Waals surface area contributed by atoms with E-state index in [0.29, 0.717) is 18.7 Å². The van der Waals surface area contributed by atoms with Crippen molar-refractivity contribution in [2.24, 2.45) is 0 Å². The van der Waals surface area contributed by atoms with E-state index in [1.807, 2.05) is 111 Å². The van der Waals surface area contributed by atoms with E-state index in [1.54, 1.807) is 4.90 Å². The molecule has 0 unspecified atom stereocenters. The zero-order valence-electron chi connectivity index (χ0n) is 21.8. The van der Waals surface area contributed by atoms with Crippen molar-refractivity contribution < 1.29 is 14.3 Å². The number of halogens is 1. The molecule has 0 aliphatic carbocycles. The van der Waals surface area contributed by atoms with Gasteiger partial charge in [0.1, 0.15) is 11.8 Å². The van der Waals surface area contributed by atoms with Gasteiger partial charge >= 0.3 is 0 Å². The smallest absolute Gasteiger partial charge is 0.261 e. The number of carbonyl (C=O) groups is 2. The number of fused-ring (bicyclic) bond motifs is 1. The lowest BCUT2D eigenvalue weighted by Gasteiger charge is -2.32. The van der Waals surface area contributed by atoms with Crippen LogP contribution in [0.1, 0.15) is 31.4 Å². The second-order valence-electron chi connectivity index (χ2n) is 9.42. The molecule has 0 aromatic heterocycles. The number of rotatable bonds is 11. The van der Waals surface area contributed by atoms with Gasteiger partial charge in [-0.05, 0) is 57.2 Å². The number of nitrogens with zero attached hydrogens (tertiary/aromatic N) is 1. The van der Waals surface area contributed by atoms with E-state index in [4.69, 9.17) is 4.74 Å². The van der Waals surface area contributed by atoms with Gasteiger partial charge in [-0.3, -0.25) is 9.59 Å². The third-order valence-corrected chi connectivity index (χ3v) is 7.46. The van der Waals surface area contributed by atoms with E-state index in [0.717, 1.165) is 32.8 Å². The van der Waals surface area contributed by atoms with Crippen LogP contribution in [-0.2, 0) is 22.6 Å². The molecular formula is C32H33BrN2O3. The number of hydrogen-bond donors (Lipinski definition) is 1. The van der Waals surface area contributed by atoms with Crippen molar-refractivity contribution in [3.63, 3.8) is 0 Å². The van der Waals surface area contributed by atoms with Gasteiger partial charge in [0.2, 0.25) is 5.91 Å². The molecule has 0 radical (unpaired) electrons. The summed E-state index contributed by atoms with van der Waals surface area (Å²) in [7, 11) is 0. The first-order chi connectivity index (χ1) is 18.5. The highest BCUT2D eigenvalue weighted by Crippen LogP contribution is 2.33. The molecule has 0 aliphatic heterocycles. The summed E-state index contributed by atoms with van der Waals surface area (Å²) in [6.07, 6.45) is 1.21. The molecular weight excluding hydrogens is 540 g/mol. The first-order valence-electron chi connectivity index (χ1n) is 12.9. The molecule has 0 heterocycles. The number of nitrogens with one attached hydrogen (secondary N) is 1. The van der Waals surface area contributed by atoms with Gasteiger partial charge in [-0.25, -0.2) is 0 Å². The van der Waals surface area contributed by atoms with E-state index in [-0.39, 0.29) is 24.5 Å². The fraction of sp³-hybridized carbons (Fsp3) is 0.250. The first kappa shape index (κ1) is 27.4. The minimum absolute atomic E-state index is 0.000689. The van der Waals surface area contributed by atoms with Crippen LogP contribution in [0, 0.1) is 0 Å². The van der Waals surface area contributed by atoms with Gasteiger partial charge in [-0.2, -0.15) is 0 Å². The molecule has 2 amide bonds. The van der Waals surface area contributed by atoms with Gasteiger partial charge in [0.25, 0.3) is 5.91 Å². The Labute approximate surface area is 232 Å². The van der Waals surface area contributed by atoms with Crippen molar-refractivity contribution in [1.29, 1.82) is 0 Å². The van der Waals surface area contributed by atoms with Gasteiger partial charge in [0, 0.05) is 19.0 Å². The molecule has 196 valence electrons. The predicted octanol–water partition coefficient (Wildman–Crippen LogP) is 6.54. The highest BCUT2D eigenvalue weighted by Gasteiger charge is 2.31. The lowest BCUT2D eigenvalue weighted by molar-refractivity contribution is -0.143. The van der Waals surface area contributed by atoms with Crippen LogP contribution in [0.4, 0.5) is 0 Å². The zero-order valence-corrected chi connectivity index (χ0v) is 23.4. The molecule has 4 aromatic rings. The van der Waals surface area contributed by atoms with Crippen molar-refractivity contribution in [3.05, 3.63) is 113 Å². The van der Waals surface area contributed by atoms with Gasteiger partial charge in [-0.1, -0.05) is 97.9 Å². The highest BCUT2D eigenvalue weighted by atomic mass is 79.9. The Morgan fingerprint density at radius 3 is 2.18 bits per heavy atom. The van der Waals surface area contributed by atoms with E-state index >= 15 is 0 Å². The van der Waals surface area contributed by atoms with Crippen molar-refractivity contribution in [1.82, 2.24) is 10.2 Å². The second kappa shape index (κ2) is 13.2. The maximum absolute atomic E-state index is 13.8. The van der Waals surface area contributed by atoms with Crippen LogP contribution in [0.15, 0.2) is 102 Å². The number of carbonyl (C=O) groups excluding carboxylic acids is 2. The zero-order chi connectivity index (χ0) is 26.9. The molecule has 0 spiro atoms. The average Bonchev–Trinajstić information content (AvgIpc) is 2.95. The molecule has 0 saturated carbocycles. The highest BCUT2D eigenvalue weighted by molar-refractivity contribution is 9.10. The average molecular weight is 574 g/mol. The Morgan fingerprint density at radius 2 is 1.50 bits per heavy atom. The number of benzene rings is 4. The normalized spacial score (nSPS) is 12.5. The van der Waals surface area contributed by atoms with Crippen LogP contribution in [0.25, 0.3) is 10.8 Å². The third kappa shape index (κ3) is 7.01.